The average Bonchev–Trinajstić information content (AvgIpc) is 2.38. The van der Waals surface area contributed by atoms with Crippen LogP contribution in [-0.4, -0.2) is 36.7 Å². The van der Waals surface area contributed by atoms with Crippen LogP contribution in [0, 0.1) is 0 Å². The summed E-state index contributed by atoms with van der Waals surface area (Å²) >= 11 is 0. The number of anilines is 1. The number of ether oxygens (including phenoxy) is 1. The molecule has 0 fully saturated rings. The summed E-state index contributed by atoms with van der Waals surface area (Å²) in [5.41, 5.74) is 0.576. The molecule has 0 bridgehead atoms. The van der Waals surface area contributed by atoms with Crippen molar-refractivity contribution in [3.63, 3.8) is 0 Å². The highest BCUT2D eigenvalue weighted by atomic mass is 16.5. The van der Waals surface area contributed by atoms with Gasteiger partial charge in [0, 0.05) is 24.2 Å². The highest BCUT2D eigenvalue weighted by Gasteiger charge is 2.13. The number of hydrogen-bond acceptors (Lipinski definition) is 4. The molecule has 6 heteroatoms. The maximum absolute atomic E-state index is 11.8. The summed E-state index contributed by atoms with van der Waals surface area (Å²) < 4.78 is 5.00. The predicted molar refractivity (Wildman–Crippen MR) is 76.3 cm³/mol. The fraction of sp³-hybridized carbons (Fsp3) is 0.429. The van der Waals surface area contributed by atoms with Gasteiger partial charge in [0.15, 0.2) is 0 Å². The molecule has 0 spiro atoms. The molecule has 20 heavy (non-hydrogen) atoms. The molecule has 0 radical (unpaired) electrons. The number of nitrogens with one attached hydrogen (secondary N) is 2. The molecular formula is C14H20N2O4. The number of hydrogen-bond donors (Lipinski definition) is 3. The molecule has 0 saturated heterocycles. The predicted octanol–water partition coefficient (Wildman–Crippen LogP) is 1.72. The second kappa shape index (κ2) is 7.49. The molecule has 1 aromatic rings. The quantitative estimate of drug-likeness (QED) is 0.708. The Morgan fingerprint density at radius 3 is 2.65 bits per heavy atom. The van der Waals surface area contributed by atoms with Gasteiger partial charge in [0.25, 0.3) is 0 Å². The van der Waals surface area contributed by atoms with Crippen molar-refractivity contribution < 1.29 is 19.4 Å². The number of carboxylic acid groups (broad SMARTS) is 1. The van der Waals surface area contributed by atoms with Gasteiger partial charge >= 0.3 is 5.97 Å². The standard InChI is InChI=1S/C14H20N2O4/c1-4-15-9(2)7-13(17)16-10-5-6-11(14(18)19)12(8-10)20-3/h5-6,8-9,15H,4,7H2,1-3H3,(H,16,17)(H,18,19). The number of benzene rings is 1. The second-order valence-electron chi connectivity index (χ2n) is 4.43. The summed E-state index contributed by atoms with van der Waals surface area (Å²) in [6, 6.07) is 4.53. The van der Waals surface area contributed by atoms with E-state index in [-0.39, 0.29) is 23.3 Å². The van der Waals surface area contributed by atoms with Crippen molar-refractivity contribution in [2.75, 3.05) is 19.0 Å². The van der Waals surface area contributed by atoms with Crippen LogP contribution in [0.1, 0.15) is 30.6 Å². The molecule has 1 atom stereocenters. The zero-order valence-electron chi connectivity index (χ0n) is 11.9. The molecule has 0 aromatic heterocycles. The van der Waals surface area contributed by atoms with Gasteiger partial charge in [-0.25, -0.2) is 4.79 Å². The van der Waals surface area contributed by atoms with Gasteiger partial charge in [0.1, 0.15) is 11.3 Å². The lowest BCUT2D eigenvalue weighted by molar-refractivity contribution is -0.116. The number of carboxylic acids is 1. The summed E-state index contributed by atoms with van der Waals surface area (Å²) in [4.78, 5) is 22.8. The minimum absolute atomic E-state index is 0.0616. The van der Waals surface area contributed by atoms with E-state index in [0.29, 0.717) is 12.1 Å². The van der Waals surface area contributed by atoms with Crippen LogP contribution in [0.3, 0.4) is 0 Å². The van der Waals surface area contributed by atoms with Crippen molar-refractivity contribution >= 4 is 17.6 Å². The number of carbonyl (C=O) groups excluding carboxylic acids is 1. The van der Waals surface area contributed by atoms with Gasteiger partial charge in [-0.3, -0.25) is 4.79 Å². The summed E-state index contributed by atoms with van der Waals surface area (Å²) in [6.07, 6.45) is 0.344. The van der Waals surface area contributed by atoms with Crippen LogP contribution in [0.4, 0.5) is 5.69 Å². The number of amides is 1. The average molecular weight is 280 g/mol. The maximum Gasteiger partial charge on any atom is 0.339 e. The van der Waals surface area contributed by atoms with Crippen molar-refractivity contribution in [3.8, 4) is 5.75 Å². The molecule has 6 nitrogen and oxygen atoms in total. The van der Waals surface area contributed by atoms with Crippen LogP contribution in [0.25, 0.3) is 0 Å². The molecule has 0 aliphatic heterocycles. The largest absolute Gasteiger partial charge is 0.496 e. The van der Waals surface area contributed by atoms with E-state index >= 15 is 0 Å². The van der Waals surface area contributed by atoms with Crippen molar-refractivity contribution in [2.45, 2.75) is 26.3 Å². The highest BCUT2D eigenvalue weighted by Crippen LogP contribution is 2.23. The number of carbonyl (C=O) groups is 2. The van der Waals surface area contributed by atoms with Gasteiger partial charge in [0.2, 0.25) is 5.91 Å². The lowest BCUT2D eigenvalue weighted by Crippen LogP contribution is -2.30. The first kappa shape index (κ1) is 16.0. The van der Waals surface area contributed by atoms with Crippen molar-refractivity contribution in [1.82, 2.24) is 5.32 Å². The fourth-order valence-corrected chi connectivity index (χ4v) is 1.86. The smallest absolute Gasteiger partial charge is 0.339 e. The molecule has 1 amide bonds. The number of rotatable bonds is 7. The van der Waals surface area contributed by atoms with Gasteiger partial charge < -0.3 is 20.5 Å². The van der Waals surface area contributed by atoms with Gasteiger partial charge in [-0.15, -0.1) is 0 Å². The van der Waals surface area contributed by atoms with Crippen LogP contribution >= 0.6 is 0 Å². The van der Waals surface area contributed by atoms with Crippen LogP contribution < -0.4 is 15.4 Å². The van der Waals surface area contributed by atoms with E-state index in [9.17, 15) is 9.59 Å². The lowest BCUT2D eigenvalue weighted by atomic mass is 10.1. The topological polar surface area (TPSA) is 87.7 Å². The Labute approximate surface area is 118 Å². The van der Waals surface area contributed by atoms with Crippen molar-refractivity contribution in [3.05, 3.63) is 23.8 Å². The van der Waals surface area contributed by atoms with Crippen LogP contribution in [0.5, 0.6) is 5.75 Å². The van der Waals surface area contributed by atoms with E-state index in [1.54, 1.807) is 6.07 Å². The minimum Gasteiger partial charge on any atom is -0.496 e. The lowest BCUT2D eigenvalue weighted by Gasteiger charge is -2.13. The van der Waals surface area contributed by atoms with Gasteiger partial charge in [-0.05, 0) is 25.6 Å². The van der Waals surface area contributed by atoms with Crippen molar-refractivity contribution in [1.29, 1.82) is 0 Å². The van der Waals surface area contributed by atoms with E-state index in [0.717, 1.165) is 6.54 Å². The molecule has 1 unspecified atom stereocenters. The maximum atomic E-state index is 11.8. The highest BCUT2D eigenvalue weighted by molar-refractivity contribution is 5.94. The Morgan fingerprint density at radius 1 is 1.40 bits per heavy atom. The van der Waals surface area contributed by atoms with Crippen LogP contribution in [-0.2, 0) is 4.79 Å². The zero-order chi connectivity index (χ0) is 15.1. The summed E-state index contributed by atoms with van der Waals surface area (Å²) in [6.45, 7) is 4.71. The van der Waals surface area contributed by atoms with E-state index in [1.807, 2.05) is 13.8 Å². The first-order valence-electron chi connectivity index (χ1n) is 6.42. The van der Waals surface area contributed by atoms with Gasteiger partial charge in [-0.2, -0.15) is 0 Å². The number of methoxy groups -OCH3 is 1. The van der Waals surface area contributed by atoms with E-state index < -0.39 is 5.97 Å². The molecule has 1 aromatic carbocycles. The van der Waals surface area contributed by atoms with E-state index in [4.69, 9.17) is 9.84 Å². The molecule has 1 rings (SSSR count). The Balaban J connectivity index is 2.73. The molecule has 0 aliphatic rings. The molecule has 0 heterocycles. The van der Waals surface area contributed by atoms with E-state index in [1.165, 1.54) is 19.2 Å². The molecule has 110 valence electrons. The normalized spacial score (nSPS) is 11.8. The fourth-order valence-electron chi connectivity index (χ4n) is 1.86. The Morgan fingerprint density at radius 2 is 2.10 bits per heavy atom. The van der Waals surface area contributed by atoms with Crippen LogP contribution in [0.15, 0.2) is 18.2 Å². The van der Waals surface area contributed by atoms with Crippen molar-refractivity contribution in [2.24, 2.45) is 0 Å². The molecule has 0 aliphatic carbocycles. The first-order chi connectivity index (χ1) is 9.47. The Kier molecular flexibility index (Phi) is 5.99. The molecular weight excluding hydrogens is 260 g/mol. The van der Waals surface area contributed by atoms with Gasteiger partial charge in [-0.1, -0.05) is 6.92 Å². The summed E-state index contributed by atoms with van der Waals surface area (Å²) in [5.74, 6) is -0.987. The number of aromatic carboxylic acids is 1. The third-order valence-corrected chi connectivity index (χ3v) is 2.76. The SMILES string of the molecule is CCNC(C)CC(=O)Nc1ccc(C(=O)O)c(OC)c1. The third-order valence-electron chi connectivity index (χ3n) is 2.76. The van der Waals surface area contributed by atoms with Crippen LogP contribution in [0.2, 0.25) is 0 Å². The van der Waals surface area contributed by atoms with E-state index in [2.05, 4.69) is 10.6 Å². The summed E-state index contributed by atoms with van der Waals surface area (Å²) in [5, 5.41) is 14.8. The second-order valence-corrected chi connectivity index (χ2v) is 4.43. The Hall–Kier alpha value is -2.08. The first-order valence-corrected chi connectivity index (χ1v) is 6.42. The monoisotopic (exact) mass is 280 g/mol. The third kappa shape index (κ3) is 4.55. The minimum atomic E-state index is -1.07. The van der Waals surface area contributed by atoms with Gasteiger partial charge in [0.05, 0.1) is 7.11 Å². The summed E-state index contributed by atoms with van der Waals surface area (Å²) in [7, 11) is 1.39. The zero-order valence-corrected chi connectivity index (χ0v) is 11.9. The Bertz CT molecular complexity index is 488. The molecule has 0 saturated carbocycles. The molecule has 3 N–H and O–H groups in total.